The van der Waals surface area contributed by atoms with Crippen molar-refractivity contribution in [1.82, 2.24) is 19.9 Å². The minimum atomic E-state index is -0.152. The second kappa shape index (κ2) is 5.81. The van der Waals surface area contributed by atoms with Crippen LogP contribution in [0.1, 0.15) is 42.9 Å². The van der Waals surface area contributed by atoms with Crippen molar-refractivity contribution >= 4 is 17.2 Å². The van der Waals surface area contributed by atoms with Crippen molar-refractivity contribution in [3.63, 3.8) is 0 Å². The highest BCUT2D eigenvalue weighted by molar-refractivity contribution is 5.74. The lowest BCUT2D eigenvalue weighted by molar-refractivity contribution is 0.579. The molecule has 2 unspecified atom stereocenters. The van der Waals surface area contributed by atoms with Gasteiger partial charge in [-0.3, -0.25) is 0 Å². The fraction of sp³-hybridized carbons (Fsp3) is 0.391. The number of aromatic nitrogens is 3. The molecule has 1 aliphatic carbocycles. The summed E-state index contributed by atoms with van der Waals surface area (Å²) in [6, 6.07) is 7.63. The number of anilines is 1. The molecule has 1 N–H and O–H groups in total. The first kappa shape index (κ1) is 17.0. The van der Waals surface area contributed by atoms with Crippen molar-refractivity contribution in [2.75, 3.05) is 11.4 Å². The molecule has 1 saturated carbocycles. The highest BCUT2D eigenvalue weighted by atomic mass is 19.1. The van der Waals surface area contributed by atoms with E-state index in [2.05, 4.69) is 28.8 Å². The van der Waals surface area contributed by atoms with Crippen LogP contribution in [0.2, 0.25) is 0 Å². The van der Waals surface area contributed by atoms with Gasteiger partial charge in [0.25, 0.3) is 0 Å². The van der Waals surface area contributed by atoms with Crippen molar-refractivity contribution in [1.29, 1.82) is 0 Å². The van der Waals surface area contributed by atoms with Crippen LogP contribution in [0, 0.1) is 11.7 Å². The average Bonchev–Trinajstić information content (AvgIpc) is 3.09. The summed E-state index contributed by atoms with van der Waals surface area (Å²) < 4.78 is 16.1. The summed E-state index contributed by atoms with van der Waals surface area (Å²) in [6.07, 6.45) is 7.86. The lowest BCUT2D eigenvalue weighted by Crippen LogP contribution is -2.34. The van der Waals surface area contributed by atoms with Crippen LogP contribution in [0.4, 0.5) is 10.2 Å². The highest BCUT2D eigenvalue weighted by Gasteiger charge is 2.64. The second-order valence-electron chi connectivity index (χ2n) is 8.74. The van der Waals surface area contributed by atoms with Gasteiger partial charge in [0.1, 0.15) is 11.6 Å². The zero-order valence-corrected chi connectivity index (χ0v) is 16.5. The molecule has 4 heterocycles. The molecule has 29 heavy (non-hydrogen) atoms. The van der Waals surface area contributed by atoms with Gasteiger partial charge in [0.15, 0.2) is 5.65 Å². The van der Waals surface area contributed by atoms with Crippen LogP contribution in [0.3, 0.4) is 0 Å². The van der Waals surface area contributed by atoms with Gasteiger partial charge < -0.3 is 10.2 Å². The summed E-state index contributed by atoms with van der Waals surface area (Å²) in [6.45, 7) is 7.36. The van der Waals surface area contributed by atoms with Crippen LogP contribution in [0.5, 0.6) is 0 Å². The summed E-state index contributed by atoms with van der Waals surface area (Å²) in [5, 5.41) is 7.96. The Labute approximate surface area is 169 Å². The fourth-order valence-electron chi connectivity index (χ4n) is 5.48. The van der Waals surface area contributed by atoms with Crippen molar-refractivity contribution < 1.29 is 4.39 Å². The maximum absolute atomic E-state index is 14.3. The summed E-state index contributed by atoms with van der Waals surface area (Å²) in [5.41, 5.74) is 4.87. The van der Waals surface area contributed by atoms with E-state index < -0.39 is 0 Å². The van der Waals surface area contributed by atoms with E-state index in [0.29, 0.717) is 5.92 Å². The normalized spacial score (nSPS) is 28.1. The summed E-state index contributed by atoms with van der Waals surface area (Å²) in [5.74, 6) is 1.36. The fourth-order valence-corrected chi connectivity index (χ4v) is 5.48. The molecule has 1 saturated heterocycles. The molecule has 3 aromatic rings. The summed E-state index contributed by atoms with van der Waals surface area (Å²) in [4.78, 5) is 7.40. The molecule has 2 aromatic heterocycles. The lowest BCUT2D eigenvalue weighted by atomic mass is 9.92. The van der Waals surface area contributed by atoms with Gasteiger partial charge in [0.2, 0.25) is 0 Å². The molecular weight excluding hydrogens is 365 g/mol. The molecule has 3 atom stereocenters. The standard InChI is InChI=1S/C23H24FN5/c1-14-3-4-16-5-6-18(24)11-20(16)23-12-17(23)7-9-28(23)21-8-10-29-22(27-21)19(13-25-29)15(2)26-14/h5-6,8,10-11,13-14,17,26H,2-4,7,9,12H2,1H3/t14-,17?,23?/m1/s1. The SMILES string of the molecule is C=C1N[C@H](C)CCc2ccc(F)cc2C23CC2CCN3c2ccn3ncc1c3n2. The first-order valence-corrected chi connectivity index (χ1v) is 10.4. The number of halogens is 1. The van der Waals surface area contributed by atoms with Crippen LogP contribution in [0.15, 0.2) is 43.2 Å². The predicted molar refractivity (Wildman–Crippen MR) is 111 cm³/mol. The Morgan fingerprint density at radius 1 is 1.28 bits per heavy atom. The molecule has 3 aliphatic rings. The van der Waals surface area contributed by atoms with Crippen LogP contribution in [-0.4, -0.2) is 27.2 Å². The second-order valence-corrected chi connectivity index (χ2v) is 8.74. The van der Waals surface area contributed by atoms with Gasteiger partial charge in [-0.15, -0.1) is 0 Å². The Bertz CT molecular complexity index is 1150. The maximum Gasteiger partial charge on any atom is 0.166 e. The molecule has 6 heteroatoms. The predicted octanol–water partition coefficient (Wildman–Crippen LogP) is 3.89. The molecular formula is C23H24FN5. The molecule has 2 bridgehead atoms. The van der Waals surface area contributed by atoms with Crippen molar-refractivity contribution in [3.05, 3.63) is 65.7 Å². The third-order valence-corrected chi connectivity index (χ3v) is 7.02. The maximum atomic E-state index is 14.3. The molecule has 5 nitrogen and oxygen atoms in total. The van der Waals surface area contributed by atoms with E-state index in [0.717, 1.165) is 60.5 Å². The zero-order valence-electron chi connectivity index (χ0n) is 16.5. The van der Waals surface area contributed by atoms with Crippen LogP contribution >= 0.6 is 0 Å². The molecule has 1 aromatic carbocycles. The number of nitrogens with zero attached hydrogens (tertiary/aromatic N) is 4. The van der Waals surface area contributed by atoms with E-state index in [1.54, 1.807) is 16.6 Å². The van der Waals surface area contributed by atoms with E-state index in [4.69, 9.17) is 4.98 Å². The van der Waals surface area contributed by atoms with Gasteiger partial charge in [0, 0.05) is 24.5 Å². The number of nitrogens with one attached hydrogen (secondary N) is 1. The number of piperidine rings is 1. The zero-order chi connectivity index (χ0) is 19.8. The Balaban J connectivity index is 1.57. The third kappa shape index (κ3) is 2.38. The van der Waals surface area contributed by atoms with Gasteiger partial charge in [-0.25, -0.2) is 13.9 Å². The topological polar surface area (TPSA) is 45.5 Å². The Morgan fingerprint density at radius 2 is 2.17 bits per heavy atom. The average molecular weight is 389 g/mol. The number of hydrogen-bond acceptors (Lipinski definition) is 4. The third-order valence-electron chi connectivity index (χ3n) is 7.02. The highest BCUT2D eigenvalue weighted by Crippen LogP contribution is 2.64. The quantitative estimate of drug-likeness (QED) is 0.634. The minimum Gasteiger partial charge on any atom is -0.382 e. The number of benzene rings is 1. The molecule has 2 fully saturated rings. The van der Waals surface area contributed by atoms with Crippen molar-refractivity contribution in [2.45, 2.75) is 44.2 Å². The lowest BCUT2D eigenvalue weighted by Gasteiger charge is -2.31. The summed E-state index contributed by atoms with van der Waals surface area (Å²) in [7, 11) is 0. The monoisotopic (exact) mass is 389 g/mol. The van der Waals surface area contributed by atoms with Crippen molar-refractivity contribution in [3.8, 4) is 0 Å². The molecule has 148 valence electrons. The molecule has 0 amide bonds. The Morgan fingerprint density at radius 3 is 3.03 bits per heavy atom. The first-order chi connectivity index (χ1) is 14.1. The Hall–Kier alpha value is -2.89. The smallest absolute Gasteiger partial charge is 0.166 e. The van der Waals surface area contributed by atoms with Crippen molar-refractivity contribution in [2.24, 2.45) is 5.92 Å². The molecule has 0 radical (unpaired) electrons. The first-order valence-electron chi connectivity index (χ1n) is 10.4. The number of rotatable bonds is 0. The van der Waals surface area contributed by atoms with Gasteiger partial charge >= 0.3 is 0 Å². The van der Waals surface area contributed by atoms with E-state index >= 15 is 0 Å². The molecule has 6 rings (SSSR count). The Kier molecular flexibility index (Phi) is 3.41. The van der Waals surface area contributed by atoms with Crippen LogP contribution in [-0.2, 0) is 12.0 Å². The van der Waals surface area contributed by atoms with Crippen LogP contribution < -0.4 is 10.2 Å². The number of hydrogen-bond donors (Lipinski definition) is 1. The van der Waals surface area contributed by atoms with Gasteiger partial charge in [-0.05, 0) is 67.9 Å². The van der Waals surface area contributed by atoms with Gasteiger partial charge in [0.05, 0.1) is 17.3 Å². The summed E-state index contributed by atoms with van der Waals surface area (Å²) >= 11 is 0. The number of fused-ring (bicyclic) bond motifs is 3. The van der Waals surface area contributed by atoms with Crippen LogP contribution in [0.25, 0.3) is 11.3 Å². The molecule has 2 aliphatic heterocycles. The number of aryl methyl sites for hydroxylation is 1. The van der Waals surface area contributed by atoms with E-state index in [1.807, 2.05) is 24.5 Å². The van der Waals surface area contributed by atoms with E-state index in [1.165, 1.54) is 5.56 Å². The van der Waals surface area contributed by atoms with E-state index in [-0.39, 0.29) is 17.4 Å². The molecule has 1 spiro atoms. The largest absolute Gasteiger partial charge is 0.382 e. The van der Waals surface area contributed by atoms with Gasteiger partial charge in [-0.1, -0.05) is 12.6 Å². The van der Waals surface area contributed by atoms with Gasteiger partial charge in [-0.2, -0.15) is 5.10 Å². The van der Waals surface area contributed by atoms with E-state index in [9.17, 15) is 4.39 Å². The minimum absolute atomic E-state index is 0.120.